The maximum Gasteiger partial charge on any atom is 0.417 e. The third kappa shape index (κ3) is 5.00. The summed E-state index contributed by atoms with van der Waals surface area (Å²) in [6.07, 6.45) is -1.13. The molecule has 1 saturated heterocycles. The lowest BCUT2D eigenvalue weighted by Gasteiger charge is -2.35. The summed E-state index contributed by atoms with van der Waals surface area (Å²) in [4.78, 5) is 28.2. The Bertz CT molecular complexity index is 946. The Morgan fingerprint density at radius 2 is 1.84 bits per heavy atom. The Labute approximate surface area is 177 Å². The van der Waals surface area contributed by atoms with E-state index >= 15 is 0 Å². The maximum atomic E-state index is 13.2. The minimum atomic E-state index is -4.58. The molecule has 1 aliphatic carbocycles. The molecule has 0 radical (unpaired) electrons. The summed E-state index contributed by atoms with van der Waals surface area (Å²) in [6.45, 7) is 1.99. The van der Waals surface area contributed by atoms with Crippen LogP contribution in [-0.2, 0) is 6.18 Å². The molecular formula is C21H24F3N5O2. The molecular weight excluding hydrogens is 411 g/mol. The number of nitrogens with zero attached hydrogens (tertiary/aromatic N) is 3. The highest BCUT2D eigenvalue weighted by Gasteiger charge is 2.36. The van der Waals surface area contributed by atoms with Gasteiger partial charge in [-0.2, -0.15) is 18.3 Å². The third-order valence-corrected chi connectivity index (χ3v) is 5.70. The van der Waals surface area contributed by atoms with Crippen molar-refractivity contribution < 1.29 is 22.8 Å². The zero-order valence-electron chi connectivity index (χ0n) is 16.9. The lowest BCUT2D eigenvalue weighted by molar-refractivity contribution is -0.138. The number of benzene rings is 1. The first-order valence-electron chi connectivity index (χ1n) is 10.4. The number of carbonyl (C=O) groups is 2. The van der Waals surface area contributed by atoms with Gasteiger partial charge in [-0.05, 0) is 24.5 Å². The molecule has 2 fully saturated rings. The zero-order chi connectivity index (χ0) is 22.0. The van der Waals surface area contributed by atoms with E-state index in [1.807, 2.05) is 4.90 Å². The van der Waals surface area contributed by atoms with Gasteiger partial charge in [-0.3, -0.25) is 14.7 Å². The highest BCUT2D eigenvalue weighted by molar-refractivity contribution is 5.96. The fraction of sp³-hybridized carbons (Fsp3) is 0.476. The van der Waals surface area contributed by atoms with Crippen molar-refractivity contribution in [2.75, 3.05) is 37.6 Å². The largest absolute Gasteiger partial charge is 0.417 e. The fourth-order valence-corrected chi connectivity index (χ4v) is 3.71. The maximum absolute atomic E-state index is 13.2. The number of rotatable bonds is 6. The fourth-order valence-electron chi connectivity index (χ4n) is 3.71. The SMILES string of the molecule is O=C(NCCC1CC1)c1cc(N2CCN(C(=O)c3ccccc3C(F)(F)F)CC2)n[nH]1. The highest BCUT2D eigenvalue weighted by Crippen LogP contribution is 2.33. The summed E-state index contributed by atoms with van der Waals surface area (Å²) in [5.41, 5.74) is -0.899. The van der Waals surface area contributed by atoms with E-state index < -0.39 is 17.6 Å². The van der Waals surface area contributed by atoms with Gasteiger partial charge in [0.1, 0.15) is 5.69 Å². The summed E-state index contributed by atoms with van der Waals surface area (Å²) in [5, 5.41) is 9.78. The summed E-state index contributed by atoms with van der Waals surface area (Å²) in [7, 11) is 0. The standard InChI is InChI=1S/C21H24F3N5O2/c22-21(23,24)16-4-2-1-3-15(16)20(31)29-11-9-28(10-12-29)18-13-17(26-27-18)19(30)25-8-7-14-5-6-14/h1-4,13-14H,5-12H2,(H,25,30)(H,26,27). The van der Waals surface area contributed by atoms with Crippen molar-refractivity contribution in [2.24, 2.45) is 5.92 Å². The van der Waals surface area contributed by atoms with Crippen molar-refractivity contribution in [3.8, 4) is 0 Å². The summed E-state index contributed by atoms with van der Waals surface area (Å²) in [6, 6.07) is 6.49. The molecule has 1 aromatic carbocycles. The van der Waals surface area contributed by atoms with Gasteiger partial charge in [0.05, 0.1) is 11.1 Å². The Balaban J connectivity index is 1.33. The van der Waals surface area contributed by atoms with Gasteiger partial charge in [-0.1, -0.05) is 25.0 Å². The molecule has 0 atom stereocenters. The molecule has 2 aliphatic rings. The molecule has 31 heavy (non-hydrogen) atoms. The summed E-state index contributed by atoms with van der Waals surface area (Å²) in [5.74, 6) is 0.470. The lowest BCUT2D eigenvalue weighted by atomic mass is 10.1. The molecule has 0 bridgehead atoms. The van der Waals surface area contributed by atoms with Crippen molar-refractivity contribution in [2.45, 2.75) is 25.4 Å². The first-order valence-corrected chi connectivity index (χ1v) is 10.4. The molecule has 0 spiro atoms. The van der Waals surface area contributed by atoms with Crippen LogP contribution < -0.4 is 10.2 Å². The molecule has 2 amide bonds. The Kier molecular flexibility index (Phi) is 5.88. The number of anilines is 1. The average Bonchev–Trinajstić information content (AvgIpc) is 3.45. The van der Waals surface area contributed by atoms with Crippen LogP contribution in [0.15, 0.2) is 30.3 Å². The number of hydrogen-bond donors (Lipinski definition) is 2. The van der Waals surface area contributed by atoms with Crippen LogP contribution in [0.25, 0.3) is 0 Å². The first-order chi connectivity index (χ1) is 14.8. The van der Waals surface area contributed by atoms with E-state index in [0.29, 0.717) is 31.1 Å². The van der Waals surface area contributed by atoms with Crippen LogP contribution >= 0.6 is 0 Å². The van der Waals surface area contributed by atoms with Crippen LogP contribution in [0.1, 0.15) is 45.7 Å². The number of H-pyrrole nitrogens is 1. The normalized spacial score (nSPS) is 17.0. The molecule has 2 heterocycles. The zero-order valence-corrected chi connectivity index (χ0v) is 16.9. The van der Waals surface area contributed by atoms with Gasteiger partial charge in [0.15, 0.2) is 5.82 Å². The number of aromatic nitrogens is 2. The van der Waals surface area contributed by atoms with Gasteiger partial charge in [0.2, 0.25) is 0 Å². The van der Waals surface area contributed by atoms with Crippen LogP contribution in [0.5, 0.6) is 0 Å². The van der Waals surface area contributed by atoms with E-state index in [2.05, 4.69) is 15.5 Å². The number of hydrogen-bond acceptors (Lipinski definition) is 4. The minimum Gasteiger partial charge on any atom is -0.352 e. The van der Waals surface area contributed by atoms with Crippen molar-refractivity contribution in [3.63, 3.8) is 0 Å². The number of alkyl halides is 3. The smallest absolute Gasteiger partial charge is 0.352 e. The Morgan fingerprint density at radius 3 is 2.52 bits per heavy atom. The molecule has 0 unspecified atom stereocenters. The molecule has 4 rings (SSSR count). The second-order valence-corrected chi connectivity index (χ2v) is 7.95. The monoisotopic (exact) mass is 435 g/mol. The molecule has 7 nitrogen and oxygen atoms in total. The van der Waals surface area contributed by atoms with E-state index in [4.69, 9.17) is 0 Å². The molecule has 1 aromatic heterocycles. The van der Waals surface area contributed by atoms with Gasteiger partial charge in [0.25, 0.3) is 11.8 Å². The quantitative estimate of drug-likeness (QED) is 0.731. The van der Waals surface area contributed by atoms with Gasteiger partial charge in [0, 0.05) is 38.8 Å². The second kappa shape index (κ2) is 8.60. The highest BCUT2D eigenvalue weighted by atomic mass is 19.4. The van der Waals surface area contributed by atoms with E-state index in [0.717, 1.165) is 18.4 Å². The van der Waals surface area contributed by atoms with Gasteiger partial charge >= 0.3 is 6.18 Å². The molecule has 166 valence electrons. The third-order valence-electron chi connectivity index (χ3n) is 5.70. The van der Waals surface area contributed by atoms with E-state index in [1.54, 1.807) is 6.07 Å². The molecule has 2 aromatic rings. The predicted octanol–water partition coefficient (Wildman–Crippen LogP) is 2.92. The van der Waals surface area contributed by atoms with Crippen LogP contribution in [0, 0.1) is 5.92 Å². The molecule has 10 heteroatoms. The van der Waals surface area contributed by atoms with Crippen molar-refractivity contribution >= 4 is 17.6 Å². The number of aromatic amines is 1. The lowest BCUT2D eigenvalue weighted by Crippen LogP contribution is -2.49. The predicted molar refractivity (Wildman–Crippen MR) is 108 cm³/mol. The molecule has 1 saturated carbocycles. The topological polar surface area (TPSA) is 81.3 Å². The van der Waals surface area contributed by atoms with Crippen molar-refractivity contribution in [1.82, 2.24) is 20.4 Å². The number of amides is 2. The number of piperazine rings is 1. The average molecular weight is 435 g/mol. The van der Waals surface area contributed by atoms with Crippen LogP contribution in [-0.4, -0.2) is 59.6 Å². The molecule has 1 aliphatic heterocycles. The van der Waals surface area contributed by atoms with Crippen molar-refractivity contribution in [1.29, 1.82) is 0 Å². The van der Waals surface area contributed by atoms with E-state index in [9.17, 15) is 22.8 Å². The number of nitrogens with one attached hydrogen (secondary N) is 2. The van der Waals surface area contributed by atoms with Crippen molar-refractivity contribution in [3.05, 3.63) is 47.2 Å². The summed E-state index contributed by atoms with van der Waals surface area (Å²) < 4.78 is 39.7. The summed E-state index contributed by atoms with van der Waals surface area (Å²) >= 11 is 0. The van der Waals surface area contributed by atoms with Crippen LogP contribution in [0.2, 0.25) is 0 Å². The van der Waals surface area contributed by atoms with Crippen LogP contribution in [0.4, 0.5) is 19.0 Å². The number of halogens is 3. The Morgan fingerprint density at radius 1 is 1.13 bits per heavy atom. The van der Waals surface area contributed by atoms with Crippen LogP contribution in [0.3, 0.4) is 0 Å². The van der Waals surface area contributed by atoms with E-state index in [-0.39, 0.29) is 24.6 Å². The number of carbonyl (C=O) groups excluding carboxylic acids is 2. The molecule has 2 N–H and O–H groups in total. The first kappa shape index (κ1) is 21.2. The second-order valence-electron chi connectivity index (χ2n) is 7.95. The van der Waals surface area contributed by atoms with E-state index in [1.165, 1.54) is 35.9 Å². The van der Waals surface area contributed by atoms with Gasteiger partial charge in [-0.15, -0.1) is 0 Å². The minimum absolute atomic E-state index is 0.211. The Hall–Kier alpha value is -3.04. The van der Waals surface area contributed by atoms with Gasteiger partial charge in [-0.25, -0.2) is 0 Å². The van der Waals surface area contributed by atoms with Gasteiger partial charge < -0.3 is 15.1 Å².